The van der Waals surface area contributed by atoms with Crippen molar-refractivity contribution in [2.45, 2.75) is 12.2 Å². The van der Waals surface area contributed by atoms with E-state index in [-0.39, 0.29) is 12.2 Å². The summed E-state index contributed by atoms with van der Waals surface area (Å²) in [6.07, 6.45) is 4.04. The summed E-state index contributed by atoms with van der Waals surface area (Å²) in [7, 11) is 0. The van der Waals surface area contributed by atoms with Gasteiger partial charge in [-0.2, -0.15) is 0 Å². The van der Waals surface area contributed by atoms with Crippen LogP contribution in [0.25, 0.3) is 11.4 Å². The Hall–Kier alpha value is -1.74. The van der Waals surface area contributed by atoms with Gasteiger partial charge in [0.2, 0.25) is 0 Å². The molecule has 3 heterocycles. The van der Waals surface area contributed by atoms with Gasteiger partial charge in [-0.15, -0.1) is 0 Å². The van der Waals surface area contributed by atoms with Crippen molar-refractivity contribution in [3.05, 3.63) is 47.8 Å². The van der Waals surface area contributed by atoms with Crippen LogP contribution < -0.4 is 0 Å². The Morgan fingerprint density at radius 2 is 1.40 bits per heavy atom. The van der Waals surface area contributed by atoms with Crippen molar-refractivity contribution in [2.75, 3.05) is 0 Å². The summed E-state index contributed by atoms with van der Waals surface area (Å²) >= 11 is 0. The average molecular weight is 196 g/mol. The highest BCUT2D eigenvalue weighted by atomic mass is 16.6. The Balaban J connectivity index is 2.09. The second-order valence-electron chi connectivity index (χ2n) is 3.86. The lowest BCUT2D eigenvalue weighted by Crippen LogP contribution is -2.02. The van der Waals surface area contributed by atoms with Crippen LogP contribution in [0, 0.1) is 0 Å². The van der Waals surface area contributed by atoms with E-state index in [0.717, 1.165) is 11.4 Å². The predicted octanol–water partition coefficient (Wildman–Crippen LogP) is 2.27. The van der Waals surface area contributed by atoms with Crippen molar-refractivity contribution < 1.29 is 4.74 Å². The van der Waals surface area contributed by atoms with Gasteiger partial charge in [-0.25, -0.2) is 0 Å². The summed E-state index contributed by atoms with van der Waals surface area (Å²) < 4.78 is 5.65. The lowest BCUT2D eigenvalue weighted by Gasteiger charge is -2.13. The SMILES string of the molecule is c1cnc2c(c1)[C@@H]1O[C@H]1c1cccnc1-2. The zero-order valence-corrected chi connectivity index (χ0v) is 7.92. The van der Waals surface area contributed by atoms with E-state index in [1.807, 2.05) is 12.1 Å². The minimum Gasteiger partial charge on any atom is -0.359 e. The van der Waals surface area contributed by atoms with Crippen LogP contribution in [-0.4, -0.2) is 9.97 Å². The number of ether oxygens (including phenoxy) is 1. The van der Waals surface area contributed by atoms with Gasteiger partial charge in [-0.1, -0.05) is 12.1 Å². The number of epoxide rings is 1. The molecule has 4 rings (SSSR count). The number of rotatable bonds is 0. The van der Waals surface area contributed by atoms with Gasteiger partial charge in [0, 0.05) is 23.5 Å². The molecule has 72 valence electrons. The molecule has 0 amide bonds. The van der Waals surface area contributed by atoms with Crippen molar-refractivity contribution in [3.8, 4) is 11.4 Å². The molecule has 1 aliphatic carbocycles. The van der Waals surface area contributed by atoms with Crippen molar-refractivity contribution in [2.24, 2.45) is 0 Å². The zero-order chi connectivity index (χ0) is 9.83. The fourth-order valence-electron chi connectivity index (χ4n) is 2.28. The van der Waals surface area contributed by atoms with E-state index in [9.17, 15) is 0 Å². The molecule has 0 bridgehead atoms. The minimum absolute atomic E-state index is 0.213. The molecule has 1 aliphatic heterocycles. The van der Waals surface area contributed by atoms with Crippen LogP contribution in [0.3, 0.4) is 0 Å². The summed E-state index contributed by atoms with van der Waals surface area (Å²) in [4.78, 5) is 8.79. The maximum Gasteiger partial charge on any atom is 0.116 e. The van der Waals surface area contributed by atoms with E-state index in [1.54, 1.807) is 12.4 Å². The smallest absolute Gasteiger partial charge is 0.116 e. The molecular weight excluding hydrogens is 188 g/mol. The van der Waals surface area contributed by atoms with Crippen LogP contribution in [0.2, 0.25) is 0 Å². The van der Waals surface area contributed by atoms with E-state index < -0.39 is 0 Å². The van der Waals surface area contributed by atoms with Gasteiger partial charge in [0.15, 0.2) is 0 Å². The van der Waals surface area contributed by atoms with Crippen LogP contribution in [0.4, 0.5) is 0 Å². The van der Waals surface area contributed by atoms with E-state index in [2.05, 4.69) is 22.1 Å². The topological polar surface area (TPSA) is 38.3 Å². The third kappa shape index (κ3) is 0.882. The fraction of sp³-hybridized carbons (Fsp3) is 0.167. The Bertz CT molecular complexity index is 503. The summed E-state index contributed by atoms with van der Waals surface area (Å²) in [6, 6.07) is 8.05. The molecule has 0 saturated carbocycles. The van der Waals surface area contributed by atoms with Crippen LogP contribution in [0.5, 0.6) is 0 Å². The monoisotopic (exact) mass is 196 g/mol. The third-order valence-electron chi connectivity index (χ3n) is 3.01. The number of hydrogen-bond donors (Lipinski definition) is 0. The summed E-state index contributed by atoms with van der Waals surface area (Å²) in [5.41, 5.74) is 4.31. The first kappa shape index (κ1) is 7.54. The Morgan fingerprint density at radius 1 is 0.867 bits per heavy atom. The molecule has 0 spiro atoms. The predicted molar refractivity (Wildman–Crippen MR) is 54.0 cm³/mol. The molecule has 2 aromatic heterocycles. The minimum atomic E-state index is 0.213. The van der Waals surface area contributed by atoms with Crippen molar-refractivity contribution in [1.29, 1.82) is 0 Å². The molecule has 0 radical (unpaired) electrons. The van der Waals surface area contributed by atoms with E-state index in [0.29, 0.717) is 0 Å². The van der Waals surface area contributed by atoms with E-state index in [1.165, 1.54) is 11.1 Å². The quantitative estimate of drug-likeness (QED) is 0.606. The van der Waals surface area contributed by atoms with Crippen molar-refractivity contribution in [3.63, 3.8) is 0 Å². The molecule has 0 unspecified atom stereocenters. The lowest BCUT2D eigenvalue weighted by molar-refractivity contribution is 0.380. The molecule has 2 atom stereocenters. The first-order chi connectivity index (χ1) is 7.45. The Kier molecular flexibility index (Phi) is 1.22. The number of hydrogen-bond acceptors (Lipinski definition) is 3. The maximum atomic E-state index is 5.65. The molecule has 3 heteroatoms. The second-order valence-corrected chi connectivity index (χ2v) is 3.86. The molecule has 2 aliphatic rings. The molecule has 3 nitrogen and oxygen atoms in total. The van der Waals surface area contributed by atoms with Crippen LogP contribution >= 0.6 is 0 Å². The second kappa shape index (κ2) is 2.44. The number of nitrogens with zero attached hydrogens (tertiary/aromatic N) is 2. The van der Waals surface area contributed by atoms with Gasteiger partial charge in [0.1, 0.15) is 12.2 Å². The fourth-order valence-corrected chi connectivity index (χ4v) is 2.28. The van der Waals surface area contributed by atoms with Crippen molar-refractivity contribution in [1.82, 2.24) is 9.97 Å². The summed E-state index contributed by atoms with van der Waals surface area (Å²) in [5, 5.41) is 0. The van der Waals surface area contributed by atoms with Crippen LogP contribution in [0.1, 0.15) is 23.3 Å². The van der Waals surface area contributed by atoms with E-state index in [4.69, 9.17) is 4.74 Å². The summed E-state index contributed by atoms with van der Waals surface area (Å²) in [6.45, 7) is 0. The first-order valence-corrected chi connectivity index (χ1v) is 5.01. The van der Waals surface area contributed by atoms with E-state index >= 15 is 0 Å². The molecule has 1 fully saturated rings. The highest BCUT2D eigenvalue weighted by molar-refractivity contribution is 5.68. The maximum absolute atomic E-state index is 5.65. The Morgan fingerprint density at radius 3 is 1.93 bits per heavy atom. The van der Waals surface area contributed by atoms with Gasteiger partial charge >= 0.3 is 0 Å². The lowest BCUT2D eigenvalue weighted by atomic mass is 9.93. The largest absolute Gasteiger partial charge is 0.359 e. The van der Waals surface area contributed by atoms with Gasteiger partial charge in [0.25, 0.3) is 0 Å². The Labute approximate surface area is 86.8 Å². The van der Waals surface area contributed by atoms with Gasteiger partial charge < -0.3 is 4.74 Å². The molecule has 0 aromatic carbocycles. The normalized spacial score (nSPS) is 25.1. The number of aromatic nitrogens is 2. The number of pyridine rings is 2. The standard InChI is InChI=1S/C12H8N2O/c1-3-7-9(13-5-1)10-8(4-2-6-14-10)12-11(7)15-12/h1-6,11-12H/t11-,12-/m0/s1. The first-order valence-electron chi connectivity index (χ1n) is 5.01. The molecule has 15 heavy (non-hydrogen) atoms. The van der Waals surface area contributed by atoms with Crippen molar-refractivity contribution >= 4 is 0 Å². The molecular formula is C12H8N2O. The van der Waals surface area contributed by atoms with Crippen LogP contribution in [0.15, 0.2) is 36.7 Å². The third-order valence-corrected chi connectivity index (χ3v) is 3.01. The average Bonchev–Trinajstić information content (AvgIpc) is 3.10. The van der Waals surface area contributed by atoms with Gasteiger partial charge in [-0.3, -0.25) is 9.97 Å². The highest BCUT2D eigenvalue weighted by Gasteiger charge is 2.48. The van der Waals surface area contributed by atoms with Crippen LogP contribution in [-0.2, 0) is 4.74 Å². The zero-order valence-electron chi connectivity index (χ0n) is 7.92. The highest BCUT2D eigenvalue weighted by Crippen LogP contribution is 2.57. The van der Waals surface area contributed by atoms with Gasteiger partial charge in [-0.05, 0) is 12.1 Å². The number of fused-ring (bicyclic) bond motifs is 6. The molecule has 1 saturated heterocycles. The van der Waals surface area contributed by atoms with Gasteiger partial charge in [0.05, 0.1) is 11.4 Å². The molecule has 2 aromatic rings. The molecule has 0 N–H and O–H groups in total. The summed E-state index contributed by atoms with van der Waals surface area (Å²) in [5.74, 6) is 0.